The lowest BCUT2D eigenvalue weighted by atomic mass is 10.1. The highest BCUT2D eigenvalue weighted by molar-refractivity contribution is 5.23. The molecular formula is C9H14FN3O. The predicted octanol–water partition coefficient (Wildman–Crippen LogP) is 1.45. The molecule has 1 rings (SSSR count). The van der Waals surface area contributed by atoms with Crippen LogP contribution in [-0.2, 0) is 4.74 Å². The molecule has 0 aliphatic rings. The van der Waals surface area contributed by atoms with Crippen LogP contribution in [-0.4, -0.2) is 29.2 Å². The molecule has 0 atom stereocenters. The number of anilines is 1. The van der Waals surface area contributed by atoms with E-state index in [1.165, 1.54) is 0 Å². The summed E-state index contributed by atoms with van der Waals surface area (Å²) in [6.45, 7) is 4.43. The van der Waals surface area contributed by atoms with Crippen LogP contribution in [0.25, 0.3) is 0 Å². The monoisotopic (exact) mass is 199 g/mol. The van der Waals surface area contributed by atoms with Gasteiger partial charge in [0.1, 0.15) is 0 Å². The number of nitrogens with one attached hydrogen (secondary N) is 1. The standard InChI is InChI=1S/C9H14FN3O/c1-9(2,14-3)6-13-8-11-4-7(10)5-12-8/h4-5H,6H2,1-3H3,(H,11,12,13). The summed E-state index contributed by atoms with van der Waals surface area (Å²) in [5.41, 5.74) is -0.294. The predicted molar refractivity (Wildman–Crippen MR) is 51.6 cm³/mol. The summed E-state index contributed by atoms with van der Waals surface area (Å²) in [6, 6.07) is 0. The van der Waals surface area contributed by atoms with Crippen LogP contribution in [0.5, 0.6) is 0 Å². The van der Waals surface area contributed by atoms with Gasteiger partial charge in [-0.1, -0.05) is 0 Å². The molecule has 0 saturated carbocycles. The molecule has 14 heavy (non-hydrogen) atoms. The maximum atomic E-state index is 12.4. The SMILES string of the molecule is COC(C)(C)CNc1ncc(F)cn1. The summed E-state index contributed by atoms with van der Waals surface area (Å²) < 4.78 is 17.6. The van der Waals surface area contributed by atoms with Crippen molar-refractivity contribution >= 4 is 5.95 Å². The lowest BCUT2D eigenvalue weighted by molar-refractivity contribution is 0.0342. The van der Waals surface area contributed by atoms with E-state index >= 15 is 0 Å². The average Bonchev–Trinajstić information content (AvgIpc) is 2.17. The molecule has 0 saturated heterocycles. The first-order valence-corrected chi connectivity index (χ1v) is 4.30. The van der Waals surface area contributed by atoms with Gasteiger partial charge >= 0.3 is 0 Å². The van der Waals surface area contributed by atoms with E-state index in [1.54, 1.807) is 7.11 Å². The topological polar surface area (TPSA) is 47.0 Å². The fraction of sp³-hybridized carbons (Fsp3) is 0.556. The van der Waals surface area contributed by atoms with E-state index in [0.717, 1.165) is 12.4 Å². The highest BCUT2D eigenvalue weighted by Gasteiger charge is 2.15. The minimum Gasteiger partial charge on any atom is -0.377 e. The molecule has 1 heterocycles. The molecule has 0 amide bonds. The second-order valence-corrected chi connectivity index (χ2v) is 3.54. The average molecular weight is 199 g/mol. The van der Waals surface area contributed by atoms with Gasteiger partial charge in [-0.2, -0.15) is 0 Å². The maximum Gasteiger partial charge on any atom is 0.222 e. The van der Waals surface area contributed by atoms with Gasteiger partial charge in [-0.15, -0.1) is 0 Å². The van der Waals surface area contributed by atoms with E-state index in [1.807, 2.05) is 13.8 Å². The zero-order valence-corrected chi connectivity index (χ0v) is 8.54. The highest BCUT2D eigenvalue weighted by atomic mass is 19.1. The first-order chi connectivity index (χ1) is 6.53. The molecular weight excluding hydrogens is 185 g/mol. The van der Waals surface area contributed by atoms with E-state index in [9.17, 15) is 4.39 Å². The Morgan fingerprint density at radius 1 is 1.43 bits per heavy atom. The van der Waals surface area contributed by atoms with Crippen molar-refractivity contribution in [2.45, 2.75) is 19.4 Å². The zero-order valence-electron chi connectivity index (χ0n) is 8.54. The van der Waals surface area contributed by atoms with Crippen LogP contribution in [0.2, 0.25) is 0 Å². The van der Waals surface area contributed by atoms with Gasteiger partial charge in [0.15, 0.2) is 5.82 Å². The molecule has 1 aromatic rings. The van der Waals surface area contributed by atoms with Crippen LogP contribution in [0.15, 0.2) is 12.4 Å². The number of halogens is 1. The fourth-order valence-corrected chi connectivity index (χ4v) is 0.768. The van der Waals surface area contributed by atoms with Gasteiger partial charge in [0.25, 0.3) is 0 Å². The Bertz CT molecular complexity index is 287. The first-order valence-electron chi connectivity index (χ1n) is 4.30. The maximum absolute atomic E-state index is 12.4. The lowest BCUT2D eigenvalue weighted by Gasteiger charge is -2.22. The number of ether oxygens (including phenoxy) is 1. The van der Waals surface area contributed by atoms with Crippen LogP contribution in [0, 0.1) is 5.82 Å². The number of aromatic nitrogens is 2. The largest absolute Gasteiger partial charge is 0.377 e. The van der Waals surface area contributed by atoms with E-state index in [0.29, 0.717) is 12.5 Å². The Morgan fingerprint density at radius 3 is 2.50 bits per heavy atom. The molecule has 0 unspecified atom stereocenters. The number of hydrogen-bond donors (Lipinski definition) is 1. The molecule has 4 nitrogen and oxygen atoms in total. The Labute approximate surface area is 82.5 Å². The number of methoxy groups -OCH3 is 1. The van der Waals surface area contributed by atoms with Crippen molar-refractivity contribution in [1.29, 1.82) is 0 Å². The molecule has 1 N–H and O–H groups in total. The second kappa shape index (κ2) is 4.32. The highest BCUT2D eigenvalue weighted by Crippen LogP contribution is 2.08. The molecule has 0 spiro atoms. The van der Waals surface area contributed by atoms with Crippen molar-refractivity contribution in [1.82, 2.24) is 9.97 Å². The van der Waals surface area contributed by atoms with Gasteiger partial charge in [0.05, 0.1) is 18.0 Å². The quantitative estimate of drug-likeness (QED) is 0.797. The van der Waals surface area contributed by atoms with Crippen molar-refractivity contribution in [2.75, 3.05) is 19.0 Å². The van der Waals surface area contributed by atoms with Crippen molar-refractivity contribution in [3.05, 3.63) is 18.2 Å². The van der Waals surface area contributed by atoms with E-state index in [4.69, 9.17) is 4.74 Å². The molecule has 0 bridgehead atoms. The molecule has 5 heteroatoms. The van der Waals surface area contributed by atoms with Crippen LogP contribution in [0.1, 0.15) is 13.8 Å². The molecule has 0 aromatic carbocycles. The second-order valence-electron chi connectivity index (χ2n) is 3.54. The van der Waals surface area contributed by atoms with Gasteiger partial charge in [-0.25, -0.2) is 14.4 Å². The third kappa shape index (κ3) is 3.26. The molecule has 0 aliphatic heterocycles. The fourth-order valence-electron chi connectivity index (χ4n) is 0.768. The van der Waals surface area contributed by atoms with Crippen molar-refractivity contribution < 1.29 is 9.13 Å². The van der Waals surface area contributed by atoms with E-state index in [-0.39, 0.29) is 5.60 Å². The van der Waals surface area contributed by atoms with Gasteiger partial charge in [-0.05, 0) is 13.8 Å². The number of nitrogens with zero attached hydrogens (tertiary/aromatic N) is 2. The van der Waals surface area contributed by atoms with Crippen LogP contribution in [0.4, 0.5) is 10.3 Å². The van der Waals surface area contributed by atoms with E-state index in [2.05, 4.69) is 15.3 Å². The minimum absolute atomic E-state index is 0.294. The summed E-state index contributed by atoms with van der Waals surface area (Å²) in [5, 5.41) is 2.95. The van der Waals surface area contributed by atoms with Crippen LogP contribution < -0.4 is 5.32 Å². The third-order valence-electron chi connectivity index (χ3n) is 1.85. The molecule has 1 aromatic heterocycles. The number of rotatable bonds is 4. The number of hydrogen-bond acceptors (Lipinski definition) is 4. The minimum atomic E-state index is -0.443. The van der Waals surface area contributed by atoms with Crippen LogP contribution >= 0.6 is 0 Å². The van der Waals surface area contributed by atoms with Crippen LogP contribution in [0.3, 0.4) is 0 Å². The van der Waals surface area contributed by atoms with Gasteiger partial charge < -0.3 is 10.1 Å². The summed E-state index contributed by atoms with van der Waals surface area (Å²) in [5.74, 6) is -0.0434. The summed E-state index contributed by atoms with van der Waals surface area (Å²) in [4.78, 5) is 7.53. The van der Waals surface area contributed by atoms with Crippen molar-refractivity contribution in [3.63, 3.8) is 0 Å². The summed E-state index contributed by atoms with van der Waals surface area (Å²) in [7, 11) is 1.63. The third-order valence-corrected chi connectivity index (χ3v) is 1.85. The van der Waals surface area contributed by atoms with Crippen molar-refractivity contribution in [3.8, 4) is 0 Å². The first kappa shape index (κ1) is 10.8. The zero-order chi connectivity index (χ0) is 10.6. The Balaban J connectivity index is 2.50. The molecule has 0 radical (unpaired) electrons. The molecule has 78 valence electrons. The van der Waals surface area contributed by atoms with Gasteiger partial charge in [0.2, 0.25) is 5.95 Å². The smallest absolute Gasteiger partial charge is 0.222 e. The van der Waals surface area contributed by atoms with E-state index < -0.39 is 5.82 Å². The summed E-state index contributed by atoms with van der Waals surface area (Å²) in [6.07, 6.45) is 2.24. The van der Waals surface area contributed by atoms with Crippen molar-refractivity contribution in [2.24, 2.45) is 0 Å². The van der Waals surface area contributed by atoms with Gasteiger partial charge in [-0.3, -0.25) is 0 Å². The molecule has 0 aliphatic carbocycles. The lowest BCUT2D eigenvalue weighted by Crippen LogP contribution is -2.32. The Hall–Kier alpha value is -1.23. The Kier molecular flexibility index (Phi) is 3.35. The Morgan fingerprint density at radius 2 is 2.00 bits per heavy atom. The summed E-state index contributed by atoms with van der Waals surface area (Å²) >= 11 is 0. The normalized spacial score (nSPS) is 11.4. The van der Waals surface area contributed by atoms with Gasteiger partial charge in [0, 0.05) is 13.7 Å². The molecule has 0 fully saturated rings.